The fourth-order valence-corrected chi connectivity index (χ4v) is 5.29. The summed E-state index contributed by atoms with van der Waals surface area (Å²) in [6.45, 7) is 1.10. The summed E-state index contributed by atoms with van der Waals surface area (Å²) in [6, 6.07) is 9.82. The molecule has 2 N–H and O–H groups in total. The number of amides is 1. The second-order valence-electron chi connectivity index (χ2n) is 9.84. The summed E-state index contributed by atoms with van der Waals surface area (Å²) in [6.07, 6.45) is 8.02. The maximum atomic E-state index is 13.1. The molecule has 1 aromatic carbocycles. The number of hydrogen-bond acceptors (Lipinski definition) is 6. The van der Waals surface area contributed by atoms with Crippen LogP contribution in [0.15, 0.2) is 30.3 Å². The molecule has 0 spiro atoms. The highest BCUT2D eigenvalue weighted by Gasteiger charge is 2.45. The topological polar surface area (TPSA) is 98.9 Å². The van der Waals surface area contributed by atoms with Crippen molar-refractivity contribution in [1.29, 1.82) is 0 Å². The Bertz CT molecular complexity index is 806. The highest BCUT2D eigenvalue weighted by molar-refractivity contribution is 6.40. The van der Waals surface area contributed by atoms with E-state index in [-0.39, 0.29) is 30.8 Å². The molecule has 1 heterocycles. The summed E-state index contributed by atoms with van der Waals surface area (Å²) in [7, 11) is 1.51. The number of nitrogens with two attached hydrogens (primary N) is 1. The molecular formula is C27H40N2O5. The van der Waals surface area contributed by atoms with Crippen LogP contribution in [0.1, 0.15) is 69.8 Å². The van der Waals surface area contributed by atoms with E-state index in [4.69, 9.17) is 15.2 Å². The van der Waals surface area contributed by atoms with Crippen molar-refractivity contribution in [3.05, 3.63) is 35.9 Å². The van der Waals surface area contributed by atoms with Gasteiger partial charge in [0.2, 0.25) is 17.5 Å². The number of aryl methyl sites for hydroxylation is 1. The highest BCUT2D eigenvalue weighted by Crippen LogP contribution is 2.35. The fourth-order valence-electron chi connectivity index (χ4n) is 5.29. The predicted octanol–water partition coefficient (Wildman–Crippen LogP) is 3.43. The van der Waals surface area contributed by atoms with E-state index in [0.29, 0.717) is 32.4 Å². The lowest BCUT2D eigenvalue weighted by Gasteiger charge is -2.33. The number of rotatable bonds is 12. The van der Waals surface area contributed by atoms with Crippen molar-refractivity contribution in [3.8, 4) is 0 Å². The third-order valence-electron chi connectivity index (χ3n) is 7.23. The maximum absolute atomic E-state index is 13.1. The molecule has 7 nitrogen and oxygen atoms in total. The number of carbonyl (C=O) groups is 3. The fraction of sp³-hybridized carbons (Fsp3) is 0.667. The third kappa shape index (κ3) is 7.20. The number of unbranched alkanes of at least 4 members (excludes halogenated alkanes) is 1. The molecule has 1 saturated heterocycles. The lowest BCUT2D eigenvalue weighted by molar-refractivity contribution is -0.166. The van der Waals surface area contributed by atoms with Gasteiger partial charge < -0.3 is 20.1 Å². The second kappa shape index (κ2) is 13.1. The Labute approximate surface area is 203 Å². The van der Waals surface area contributed by atoms with E-state index in [9.17, 15) is 14.4 Å². The van der Waals surface area contributed by atoms with Gasteiger partial charge in [0.1, 0.15) is 12.4 Å². The van der Waals surface area contributed by atoms with Gasteiger partial charge in [-0.05, 0) is 69.3 Å². The Hall–Kier alpha value is -2.09. The molecule has 3 rings (SSSR count). The number of benzene rings is 1. The molecule has 1 aliphatic heterocycles. The van der Waals surface area contributed by atoms with Crippen LogP contribution in [0, 0.1) is 5.92 Å². The monoisotopic (exact) mass is 472 g/mol. The first-order valence-electron chi connectivity index (χ1n) is 12.7. The van der Waals surface area contributed by atoms with Crippen molar-refractivity contribution in [2.75, 3.05) is 27.0 Å². The number of Topliss-reactive ketones (excluding diaryl/α,β-unsaturated/α-hetero) is 2. The number of nitrogens with zero attached hydrogens (tertiary/aromatic N) is 1. The number of methoxy groups -OCH3 is 1. The van der Waals surface area contributed by atoms with Gasteiger partial charge in [-0.2, -0.15) is 0 Å². The third-order valence-corrected chi connectivity index (χ3v) is 7.23. The summed E-state index contributed by atoms with van der Waals surface area (Å²) in [5.74, 6) is -0.896. The average molecular weight is 473 g/mol. The molecule has 2 aliphatic rings. The van der Waals surface area contributed by atoms with Crippen LogP contribution in [0.25, 0.3) is 0 Å². The van der Waals surface area contributed by atoms with E-state index in [1.54, 1.807) is 0 Å². The number of hydrogen-bond donors (Lipinski definition) is 1. The molecule has 2 atom stereocenters. The van der Waals surface area contributed by atoms with Gasteiger partial charge in [0, 0.05) is 26.6 Å². The number of ether oxygens (including phenoxy) is 2. The van der Waals surface area contributed by atoms with Crippen molar-refractivity contribution in [2.24, 2.45) is 11.7 Å². The molecule has 2 fully saturated rings. The van der Waals surface area contributed by atoms with Crippen LogP contribution in [-0.2, 0) is 30.3 Å². The van der Waals surface area contributed by atoms with Crippen molar-refractivity contribution >= 4 is 17.5 Å². The molecule has 7 heteroatoms. The first kappa shape index (κ1) is 26.5. The van der Waals surface area contributed by atoms with Crippen molar-refractivity contribution in [2.45, 2.75) is 82.3 Å². The van der Waals surface area contributed by atoms with Gasteiger partial charge in [0.15, 0.2) is 0 Å². The minimum Gasteiger partial charge on any atom is -0.359 e. The van der Waals surface area contributed by atoms with Gasteiger partial charge >= 0.3 is 0 Å². The molecule has 1 saturated carbocycles. The molecule has 0 aromatic heterocycles. The minimum atomic E-state index is -1.04. The van der Waals surface area contributed by atoms with E-state index in [2.05, 4.69) is 12.1 Å². The van der Waals surface area contributed by atoms with E-state index in [1.165, 1.54) is 12.7 Å². The summed E-state index contributed by atoms with van der Waals surface area (Å²) in [5.41, 5.74) is 6.39. The summed E-state index contributed by atoms with van der Waals surface area (Å²) in [5, 5.41) is 0. The van der Waals surface area contributed by atoms with Gasteiger partial charge in [-0.25, -0.2) is 0 Å². The van der Waals surface area contributed by atoms with E-state index in [0.717, 1.165) is 44.9 Å². The number of carbonyl (C=O) groups excluding carboxylic acids is 3. The van der Waals surface area contributed by atoms with Crippen LogP contribution in [-0.4, -0.2) is 61.0 Å². The molecular weight excluding hydrogens is 432 g/mol. The van der Waals surface area contributed by atoms with Gasteiger partial charge in [-0.15, -0.1) is 0 Å². The first-order chi connectivity index (χ1) is 16.4. The first-order valence-corrected chi connectivity index (χ1v) is 12.7. The molecule has 1 aliphatic carbocycles. The summed E-state index contributed by atoms with van der Waals surface area (Å²) < 4.78 is 10.7. The van der Waals surface area contributed by atoms with E-state index < -0.39 is 17.4 Å². The number of ketones is 2. The van der Waals surface area contributed by atoms with Crippen LogP contribution >= 0.6 is 0 Å². The van der Waals surface area contributed by atoms with Gasteiger partial charge in [0.25, 0.3) is 0 Å². The largest absolute Gasteiger partial charge is 0.359 e. The smallest absolute Gasteiger partial charge is 0.239 e. The Morgan fingerprint density at radius 1 is 1.09 bits per heavy atom. The molecule has 1 amide bonds. The van der Waals surface area contributed by atoms with Crippen molar-refractivity contribution < 1.29 is 23.9 Å². The Balaban J connectivity index is 1.57. The van der Waals surface area contributed by atoms with Gasteiger partial charge in [0.05, 0.1) is 6.04 Å². The highest BCUT2D eigenvalue weighted by atomic mass is 16.7. The maximum Gasteiger partial charge on any atom is 0.239 e. The van der Waals surface area contributed by atoms with Crippen LogP contribution in [0.4, 0.5) is 0 Å². The zero-order valence-corrected chi connectivity index (χ0v) is 20.5. The van der Waals surface area contributed by atoms with Crippen molar-refractivity contribution in [1.82, 2.24) is 4.90 Å². The standard InChI is InChI=1S/C27H40N2O5/c1-33-20-34-27(15-6-7-16-27)25(31)24(30)18-22-13-9-14-23(28)26(32)29(19-22)17-8-5-12-21-10-3-2-4-11-21/h2-4,10-11,22-23H,5-9,12-20,28H2,1H3. The lowest BCUT2D eigenvalue weighted by Crippen LogP contribution is -2.48. The Kier molecular flexibility index (Phi) is 10.2. The Morgan fingerprint density at radius 2 is 1.82 bits per heavy atom. The zero-order chi connectivity index (χ0) is 24.4. The number of likely N-dealkylation sites (tertiary alicyclic amines) is 1. The molecule has 2 unspecified atom stereocenters. The molecule has 188 valence electrons. The molecule has 0 radical (unpaired) electrons. The summed E-state index contributed by atoms with van der Waals surface area (Å²) >= 11 is 0. The van der Waals surface area contributed by atoms with E-state index >= 15 is 0 Å². The van der Waals surface area contributed by atoms with Gasteiger partial charge in [-0.3, -0.25) is 14.4 Å². The second-order valence-corrected chi connectivity index (χ2v) is 9.84. The molecule has 0 bridgehead atoms. The lowest BCUT2D eigenvalue weighted by atomic mass is 9.86. The van der Waals surface area contributed by atoms with Gasteiger partial charge in [-0.1, -0.05) is 36.8 Å². The van der Waals surface area contributed by atoms with E-state index in [1.807, 2.05) is 23.1 Å². The summed E-state index contributed by atoms with van der Waals surface area (Å²) in [4.78, 5) is 40.9. The normalized spacial score (nSPS) is 22.9. The predicted molar refractivity (Wildman–Crippen MR) is 130 cm³/mol. The quantitative estimate of drug-likeness (QED) is 0.284. The van der Waals surface area contributed by atoms with Crippen LogP contribution in [0.5, 0.6) is 0 Å². The minimum absolute atomic E-state index is 0.00555. The van der Waals surface area contributed by atoms with Crippen molar-refractivity contribution in [3.63, 3.8) is 0 Å². The molecule has 1 aromatic rings. The van der Waals surface area contributed by atoms with Crippen LogP contribution in [0.2, 0.25) is 0 Å². The SMILES string of the molecule is COCOC1(C(=O)C(=O)CC2CCCC(N)C(=O)N(CCCCc3ccccc3)C2)CCCC1. The average Bonchev–Trinajstić information content (AvgIpc) is 3.33. The van der Waals surface area contributed by atoms with Crippen LogP contribution in [0.3, 0.4) is 0 Å². The molecule has 34 heavy (non-hydrogen) atoms. The van der Waals surface area contributed by atoms with Crippen LogP contribution < -0.4 is 5.73 Å². The Morgan fingerprint density at radius 3 is 2.53 bits per heavy atom. The zero-order valence-electron chi connectivity index (χ0n) is 20.5.